The van der Waals surface area contributed by atoms with Crippen LogP contribution in [0.25, 0.3) is 0 Å². The van der Waals surface area contributed by atoms with Crippen LogP contribution in [0.15, 0.2) is 12.1 Å². The summed E-state index contributed by atoms with van der Waals surface area (Å²) in [5.41, 5.74) is 3.38. The van der Waals surface area contributed by atoms with E-state index in [4.69, 9.17) is 10.1 Å². The Morgan fingerprint density at radius 3 is 2.11 bits per heavy atom. The van der Waals surface area contributed by atoms with Gasteiger partial charge in [0.15, 0.2) is 0 Å². The van der Waals surface area contributed by atoms with E-state index >= 15 is 0 Å². The molecule has 0 heterocycles. The molecule has 0 atom stereocenters. The van der Waals surface area contributed by atoms with Gasteiger partial charge >= 0.3 is 0 Å². The lowest BCUT2D eigenvalue weighted by Gasteiger charge is -2.25. The second-order valence-electron chi connectivity index (χ2n) is 5.34. The molecule has 108 valence electrons. The van der Waals surface area contributed by atoms with Crippen LogP contribution >= 0.6 is 0 Å². The predicted octanol–water partition coefficient (Wildman–Crippen LogP) is 4.37. The van der Waals surface area contributed by atoms with Gasteiger partial charge in [0, 0.05) is 7.05 Å². The average molecular weight is 264 g/mol. The molecule has 1 rings (SSSR count). The number of aryl methyl sites for hydroxylation is 1. The molecule has 0 aliphatic carbocycles. The minimum atomic E-state index is 0.0919. The van der Waals surface area contributed by atoms with Crippen LogP contribution in [0.1, 0.15) is 45.7 Å². The summed E-state index contributed by atoms with van der Waals surface area (Å²) in [5, 5.41) is 7.36. The third-order valence-electron chi connectivity index (χ3n) is 2.90. The van der Waals surface area contributed by atoms with Gasteiger partial charge in [0.2, 0.25) is 0 Å². The Balaban J connectivity index is 0.00000154. The second-order valence-corrected chi connectivity index (χ2v) is 5.34. The van der Waals surface area contributed by atoms with Gasteiger partial charge in [-0.2, -0.15) is 0 Å². The zero-order valence-electron chi connectivity index (χ0n) is 13.6. The lowest BCUT2D eigenvalue weighted by molar-refractivity contribution is 0.412. The topological polar surface area (TPSA) is 36.3 Å². The molecule has 0 aliphatic heterocycles. The van der Waals surface area contributed by atoms with Crippen molar-refractivity contribution >= 4 is 12.0 Å². The fourth-order valence-corrected chi connectivity index (χ4v) is 1.79. The first-order valence-corrected chi connectivity index (χ1v) is 6.73. The molecule has 0 aliphatic rings. The maximum absolute atomic E-state index is 7.36. The van der Waals surface area contributed by atoms with Gasteiger partial charge in [-0.05, 0) is 29.5 Å². The van der Waals surface area contributed by atoms with E-state index in [9.17, 15) is 0 Å². The van der Waals surface area contributed by atoms with Crippen molar-refractivity contribution in [1.82, 2.24) is 0 Å². The van der Waals surface area contributed by atoms with E-state index in [0.717, 1.165) is 17.0 Å². The smallest absolute Gasteiger partial charge is 0.145 e. The van der Waals surface area contributed by atoms with Crippen molar-refractivity contribution in [2.24, 2.45) is 0 Å². The van der Waals surface area contributed by atoms with Gasteiger partial charge in [-0.25, -0.2) is 0 Å². The fraction of sp³-hybridized carbons (Fsp3) is 0.562. The summed E-state index contributed by atoms with van der Waals surface area (Å²) >= 11 is 0. The third-order valence-corrected chi connectivity index (χ3v) is 2.90. The van der Waals surface area contributed by atoms with Crippen LogP contribution in [0.4, 0.5) is 5.69 Å². The molecule has 3 nitrogen and oxygen atoms in total. The van der Waals surface area contributed by atoms with E-state index in [1.165, 1.54) is 11.9 Å². The SMILES string of the molecule is CC.COc1c(C)cc(C(C)(C)C)cc1N(C)C=N. The lowest BCUT2D eigenvalue weighted by Crippen LogP contribution is -2.18. The van der Waals surface area contributed by atoms with Crippen LogP contribution in [0.3, 0.4) is 0 Å². The van der Waals surface area contributed by atoms with Gasteiger partial charge in [-0.1, -0.05) is 40.7 Å². The molecule has 0 amide bonds. The van der Waals surface area contributed by atoms with Gasteiger partial charge in [-0.3, -0.25) is 5.41 Å². The van der Waals surface area contributed by atoms with Crippen molar-refractivity contribution in [2.75, 3.05) is 19.1 Å². The van der Waals surface area contributed by atoms with Crippen molar-refractivity contribution < 1.29 is 4.74 Å². The predicted molar refractivity (Wildman–Crippen MR) is 85.0 cm³/mol. The first-order valence-electron chi connectivity index (χ1n) is 6.73. The molecular formula is C16H28N2O. The Labute approximate surface area is 118 Å². The third kappa shape index (κ3) is 4.27. The first-order chi connectivity index (χ1) is 8.81. The summed E-state index contributed by atoms with van der Waals surface area (Å²) in [6.07, 6.45) is 1.30. The summed E-state index contributed by atoms with van der Waals surface area (Å²) in [6.45, 7) is 12.6. The zero-order valence-corrected chi connectivity index (χ0v) is 13.6. The van der Waals surface area contributed by atoms with Crippen LogP contribution in [0.5, 0.6) is 5.75 Å². The monoisotopic (exact) mass is 264 g/mol. The number of hydrogen-bond donors (Lipinski definition) is 1. The van der Waals surface area contributed by atoms with Crippen LogP contribution in [0, 0.1) is 12.3 Å². The zero-order chi connectivity index (χ0) is 15.2. The van der Waals surface area contributed by atoms with Crippen LogP contribution in [-0.4, -0.2) is 20.5 Å². The fourth-order valence-electron chi connectivity index (χ4n) is 1.79. The highest BCUT2D eigenvalue weighted by Gasteiger charge is 2.19. The minimum absolute atomic E-state index is 0.0919. The Morgan fingerprint density at radius 2 is 1.74 bits per heavy atom. The first kappa shape index (κ1) is 17.5. The largest absolute Gasteiger partial charge is 0.494 e. The number of nitrogens with one attached hydrogen (secondary N) is 1. The van der Waals surface area contributed by atoms with E-state index in [0.29, 0.717) is 0 Å². The number of rotatable bonds is 3. The quantitative estimate of drug-likeness (QED) is 0.650. The van der Waals surface area contributed by atoms with Crippen molar-refractivity contribution in [1.29, 1.82) is 5.41 Å². The molecule has 0 spiro atoms. The molecule has 0 saturated carbocycles. The number of benzene rings is 1. The molecule has 19 heavy (non-hydrogen) atoms. The Hall–Kier alpha value is -1.51. The van der Waals surface area contributed by atoms with E-state index in [-0.39, 0.29) is 5.41 Å². The molecule has 0 saturated heterocycles. The van der Waals surface area contributed by atoms with E-state index in [2.05, 4.69) is 32.9 Å². The van der Waals surface area contributed by atoms with Gasteiger partial charge in [-0.15, -0.1) is 0 Å². The number of ether oxygens (including phenoxy) is 1. The summed E-state index contributed by atoms with van der Waals surface area (Å²) in [6, 6.07) is 4.25. The standard InChI is InChI=1S/C14H22N2O.C2H6/c1-10-7-11(14(2,3)4)8-12(13(10)17-6)16(5)9-15;1-2/h7-9,15H,1-6H3;1-2H3. The van der Waals surface area contributed by atoms with Gasteiger partial charge in [0.1, 0.15) is 5.75 Å². The molecule has 1 aromatic rings. The van der Waals surface area contributed by atoms with E-state index < -0.39 is 0 Å². The summed E-state index contributed by atoms with van der Waals surface area (Å²) < 4.78 is 5.42. The molecule has 0 bridgehead atoms. The molecular weight excluding hydrogens is 236 g/mol. The molecule has 0 aromatic heterocycles. The Kier molecular flexibility index (Phi) is 6.60. The number of methoxy groups -OCH3 is 1. The Bertz CT molecular complexity index is 419. The van der Waals surface area contributed by atoms with Crippen molar-refractivity contribution in [3.8, 4) is 5.75 Å². The van der Waals surface area contributed by atoms with E-state index in [1.807, 2.05) is 27.8 Å². The highest BCUT2D eigenvalue weighted by atomic mass is 16.5. The number of hydrogen-bond acceptors (Lipinski definition) is 2. The average Bonchev–Trinajstić information content (AvgIpc) is 2.38. The van der Waals surface area contributed by atoms with Crippen molar-refractivity contribution in [3.63, 3.8) is 0 Å². The van der Waals surface area contributed by atoms with Crippen LogP contribution in [-0.2, 0) is 5.41 Å². The molecule has 3 heteroatoms. The lowest BCUT2D eigenvalue weighted by atomic mass is 9.85. The minimum Gasteiger partial charge on any atom is -0.494 e. The Morgan fingerprint density at radius 1 is 1.21 bits per heavy atom. The summed E-state index contributed by atoms with van der Waals surface area (Å²) in [5.74, 6) is 0.837. The molecule has 1 N–H and O–H groups in total. The number of nitrogens with zero attached hydrogens (tertiary/aromatic N) is 1. The van der Waals surface area contributed by atoms with Gasteiger partial charge in [0.05, 0.1) is 19.1 Å². The molecule has 0 unspecified atom stereocenters. The summed E-state index contributed by atoms with van der Waals surface area (Å²) in [7, 11) is 3.52. The molecule has 0 radical (unpaired) electrons. The maximum atomic E-state index is 7.36. The van der Waals surface area contributed by atoms with Crippen molar-refractivity contribution in [3.05, 3.63) is 23.3 Å². The second kappa shape index (κ2) is 7.17. The summed E-state index contributed by atoms with van der Waals surface area (Å²) in [4.78, 5) is 1.76. The molecule has 1 aromatic carbocycles. The molecule has 0 fully saturated rings. The highest BCUT2D eigenvalue weighted by Crippen LogP contribution is 2.36. The number of anilines is 1. The van der Waals surface area contributed by atoms with Gasteiger partial charge in [0.25, 0.3) is 0 Å². The van der Waals surface area contributed by atoms with E-state index in [1.54, 1.807) is 12.0 Å². The maximum Gasteiger partial charge on any atom is 0.145 e. The van der Waals surface area contributed by atoms with Crippen LogP contribution in [0.2, 0.25) is 0 Å². The highest BCUT2D eigenvalue weighted by molar-refractivity contribution is 5.81. The normalized spacial score (nSPS) is 10.3. The van der Waals surface area contributed by atoms with Crippen molar-refractivity contribution in [2.45, 2.75) is 47.0 Å². The van der Waals surface area contributed by atoms with Crippen LogP contribution < -0.4 is 9.64 Å². The van der Waals surface area contributed by atoms with Gasteiger partial charge < -0.3 is 9.64 Å².